The molecule has 2 heterocycles. The highest BCUT2D eigenvalue weighted by Gasteiger charge is 2.06. The molecule has 0 atom stereocenters. The molecule has 3 nitrogen and oxygen atoms in total. The summed E-state index contributed by atoms with van der Waals surface area (Å²) in [5.74, 6) is 0. The number of hydrogen-bond acceptors (Lipinski definition) is 1. The van der Waals surface area contributed by atoms with Crippen molar-refractivity contribution in [3.8, 4) is 11.3 Å². The molecule has 0 N–H and O–H groups in total. The lowest BCUT2D eigenvalue weighted by Gasteiger charge is -2.15. The van der Waals surface area contributed by atoms with Crippen LogP contribution < -0.4 is 0 Å². The first-order chi connectivity index (χ1) is 9.59. The second kappa shape index (κ2) is 6.42. The Morgan fingerprint density at radius 3 is 2.20 bits per heavy atom. The summed E-state index contributed by atoms with van der Waals surface area (Å²) in [5, 5.41) is 0. The highest BCUT2D eigenvalue weighted by atomic mass is 15.0. The van der Waals surface area contributed by atoms with Crippen LogP contribution in [-0.2, 0) is 0 Å². The van der Waals surface area contributed by atoms with Crippen LogP contribution in [-0.4, -0.2) is 14.1 Å². The third-order valence-electron chi connectivity index (χ3n) is 3.30. The second-order valence-corrected chi connectivity index (χ2v) is 5.48. The largest absolute Gasteiger partial charge is 0.345 e. The minimum Gasteiger partial charge on any atom is -0.345 e. The Morgan fingerprint density at radius 1 is 0.900 bits per heavy atom. The Kier molecular flexibility index (Phi) is 4.61. The highest BCUT2D eigenvalue weighted by molar-refractivity contribution is 5.62. The van der Waals surface area contributed by atoms with E-state index >= 15 is 0 Å². The summed E-state index contributed by atoms with van der Waals surface area (Å²) in [6.07, 6.45) is 7.71. The molecule has 0 spiro atoms. The van der Waals surface area contributed by atoms with Gasteiger partial charge in [-0.1, -0.05) is 18.2 Å². The Labute approximate surface area is 121 Å². The van der Waals surface area contributed by atoms with Gasteiger partial charge in [0.25, 0.3) is 0 Å². The lowest BCUT2D eigenvalue weighted by molar-refractivity contribution is 0.600. The van der Waals surface area contributed by atoms with E-state index in [4.69, 9.17) is 0 Å². The molecule has 1 aliphatic heterocycles. The fourth-order valence-corrected chi connectivity index (χ4v) is 2.15. The van der Waals surface area contributed by atoms with Gasteiger partial charge in [-0.3, -0.25) is 0 Å². The first-order valence-corrected chi connectivity index (χ1v) is 7.12. The molecule has 1 aromatic rings. The van der Waals surface area contributed by atoms with Crippen molar-refractivity contribution in [3.63, 3.8) is 0 Å². The second-order valence-electron chi connectivity index (χ2n) is 5.48. The molecule has 0 radical (unpaired) electrons. The lowest BCUT2D eigenvalue weighted by Crippen LogP contribution is -2.03. The van der Waals surface area contributed by atoms with Gasteiger partial charge in [-0.25, -0.2) is 4.98 Å². The van der Waals surface area contributed by atoms with E-state index in [2.05, 4.69) is 78.3 Å². The average molecular weight is 269 g/mol. The molecule has 2 aliphatic rings. The van der Waals surface area contributed by atoms with Crippen molar-refractivity contribution in [2.75, 3.05) is 0 Å². The summed E-state index contributed by atoms with van der Waals surface area (Å²) in [5.41, 5.74) is 2.65. The Morgan fingerprint density at radius 2 is 1.65 bits per heavy atom. The zero-order chi connectivity index (χ0) is 14.5. The minimum atomic E-state index is 0.538. The number of rotatable bonds is 2. The van der Waals surface area contributed by atoms with E-state index < -0.39 is 0 Å². The van der Waals surface area contributed by atoms with E-state index in [0.717, 1.165) is 0 Å². The van der Waals surface area contributed by atoms with Crippen molar-refractivity contribution in [1.82, 2.24) is 14.1 Å². The molecule has 1 aliphatic carbocycles. The number of fused-ring (bicyclic) bond motifs is 1. The lowest BCUT2D eigenvalue weighted by atomic mass is 10.2. The molecule has 0 amide bonds. The van der Waals surface area contributed by atoms with Gasteiger partial charge in [-0.15, -0.1) is 0 Å². The van der Waals surface area contributed by atoms with Crippen molar-refractivity contribution in [2.45, 2.75) is 39.8 Å². The first-order valence-electron chi connectivity index (χ1n) is 7.12. The van der Waals surface area contributed by atoms with Crippen LogP contribution in [0.25, 0.3) is 11.3 Å². The third kappa shape index (κ3) is 3.29. The van der Waals surface area contributed by atoms with Gasteiger partial charge in [0.05, 0.1) is 6.33 Å². The molecule has 0 fully saturated rings. The van der Waals surface area contributed by atoms with Crippen LogP contribution in [0.3, 0.4) is 0 Å². The molecule has 3 heteroatoms. The summed E-state index contributed by atoms with van der Waals surface area (Å²) < 4.78 is 4.34. The van der Waals surface area contributed by atoms with Gasteiger partial charge >= 0.3 is 0 Å². The fraction of sp³-hybridized carbons (Fsp3) is 0.353. The van der Waals surface area contributed by atoms with Gasteiger partial charge < -0.3 is 9.13 Å². The normalized spacial score (nSPS) is 10.9. The number of aromatic nitrogens is 3. The van der Waals surface area contributed by atoms with E-state index in [1.54, 1.807) is 6.20 Å². The van der Waals surface area contributed by atoms with E-state index in [9.17, 15) is 0 Å². The van der Waals surface area contributed by atoms with Crippen LogP contribution in [0.5, 0.6) is 0 Å². The molecule has 0 saturated heterocycles. The maximum absolute atomic E-state index is 3.91. The zero-order valence-electron chi connectivity index (χ0n) is 12.7. The van der Waals surface area contributed by atoms with Crippen LogP contribution in [0.4, 0.5) is 0 Å². The Balaban J connectivity index is 0.000000160. The van der Waals surface area contributed by atoms with E-state index in [0.29, 0.717) is 12.1 Å². The van der Waals surface area contributed by atoms with E-state index in [1.807, 2.05) is 12.5 Å². The van der Waals surface area contributed by atoms with Crippen molar-refractivity contribution >= 4 is 0 Å². The van der Waals surface area contributed by atoms with Gasteiger partial charge in [0, 0.05) is 36.4 Å². The summed E-state index contributed by atoms with van der Waals surface area (Å²) in [6, 6.07) is 11.7. The minimum absolute atomic E-state index is 0.538. The molecule has 20 heavy (non-hydrogen) atoms. The predicted molar refractivity (Wildman–Crippen MR) is 84.1 cm³/mol. The highest BCUT2D eigenvalue weighted by Crippen LogP contribution is 2.24. The quantitative estimate of drug-likeness (QED) is 0.664. The van der Waals surface area contributed by atoms with Crippen LogP contribution in [0.15, 0.2) is 55.2 Å². The maximum Gasteiger partial charge on any atom is 0.0948 e. The molecular formula is C17H23N3. The number of hydrogen-bond donors (Lipinski definition) is 0. The smallest absolute Gasteiger partial charge is 0.0948 e. The van der Waals surface area contributed by atoms with Crippen molar-refractivity contribution in [2.24, 2.45) is 0 Å². The van der Waals surface area contributed by atoms with Crippen LogP contribution in [0.1, 0.15) is 39.8 Å². The molecule has 3 rings (SSSR count). The summed E-state index contributed by atoms with van der Waals surface area (Å²) in [7, 11) is 0. The van der Waals surface area contributed by atoms with Crippen LogP contribution in [0.2, 0.25) is 0 Å². The summed E-state index contributed by atoms with van der Waals surface area (Å²) in [4.78, 5) is 3.91. The predicted octanol–water partition coefficient (Wildman–Crippen LogP) is 4.64. The fourth-order valence-electron chi connectivity index (χ4n) is 2.15. The standard InChI is InChI=1S/C11H13N.C6H10N2/c1-9(2)12-8-4-6-10-5-3-7-11(10)12;1-6(2)8-4-3-7-5-8/h3-9H,1-2H3;3-6H,1-2H3. The first kappa shape index (κ1) is 14.4. The monoisotopic (exact) mass is 269 g/mol. The van der Waals surface area contributed by atoms with Gasteiger partial charge in [0.1, 0.15) is 0 Å². The SMILES string of the molecule is CC(C)n1cccc2cccc1-2.CC(C)n1ccnc1. The average Bonchev–Trinajstić information content (AvgIpc) is 3.10. The van der Waals surface area contributed by atoms with Crippen molar-refractivity contribution < 1.29 is 0 Å². The van der Waals surface area contributed by atoms with Gasteiger partial charge in [0.15, 0.2) is 0 Å². The van der Waals surface area contributed by atoms with Crippen LogP contribution in [0, 0.1) is 0 Å². The molecule has 0 bridgehead atoms. The molecular weight excluding hydrogens is 246 g/mol. The summed E-state index contributed by atoms with van der Waals surface area (Å²) in [6.45, 7) is 8.65. The van der Waals surface area contributed by atoms with Gasteiger partial charge in [0.2, 0.25) is 0 Å². The van der Waals surface area contributed by atoms with E-state index in [1.165, 1.54) is 11.3 Å². The Hall–Kier alpha value is -2.03. The molecule has 1 aromatic heterocycles. The molecule has 0 saturated carbocycles. The Bertz CT molecular complexity index is 591. The molecule has 0 aromatic carbocycles. The van der Waals surface area contributed by atoms with Crippen molar-refractivity contribution in [3.05, 3.63) is 55.2 Å². The molecule has 106 valence electrons. The van der Waals surface area contributed by atoms with Gasteiger partial charge in [-0.2, -0.15) is 0 Å². The van der Waals surface area contributed by atoms with Gasteiger partial charge in [-0.05, 0) is 45.4 Å². The maximum atomic E-state index is 3.91. The van der Waals surface area contributed by atoms with Crippen molar-refractivity contribution in [1.29, 1.82) is 0 Å². The third-order valence-corrected chi connectivity index (χ3v) is 3.30. The summed E-state index contributed by atoms with van der Waals surface area (Å²) >= 11 is 0. The van der Waals surface area contributed by atoms with E-state index in [-0.39, 0.29) is 0 Å². The number of nitrogens with zero attached hydrogens (tertiary/aromatic N) is 3. The molecule has 0 unspecified atom stereocenters. The topological polar surface area (TPSA) is 22.8 Å². The number of imidazole rings is 1. The van der Waals surface area contributed by atoms with Crippen LogP contribution >= 0.6 is 0 Å². The zero-order valence-corrected chi connectivity index (χ0v) is 12.7. The number of pyridine rings is 1.